The van der Waals surface area contributed by atoms with Gasteiger partial charge in [0.15, 0.2) is 0 Å². The molecule has 0 aliphatic rings. The van der Waals surface area contributed by atoms with Crippen LogP contribution in [0.25, 0.3) is 77.2 Å². The van der Waals surface area contributed by atoms with Crippen molar-refractivity contribution in [1.82, 2.24) is 0 Å². The van der Waals surface area contributed by atoms with Crippen molar-refractivity contribution in [1.29, 1.82) is 0 Å². The summed E-state index contributed by atoms with van der Waals surface area (Å²) in [4.78, 5) is 2.42. The molecule has 0 radical (unpaired) electrons. The standard InChI is InChI=1S/C52H35NO/c1-5-15-36(16-6-1)38-25-29-42(30-26-38)53(43-31-27-39(28-32-43)37-17-7-2-8-18-37)51-44(40-19-9-3-10-20-40)33-34-49-50(51)48-35-47(41-21-11-4-12-22-41)45-23-13-14-24-46(45)52(48)54-49/h1-35H. The van der Waals surface area contributed by atoms with E-state index in [1.165, 1.54) is 38.8 Å². The van der Waals surface area contributed by atoms with E-state index in [1.54, 1.807) is 0 Å². The Hall–Kier alpha value is -7.16. The molecule has 2 heteroatoms. The number of benzene rings is 9. The van der Waals surface area contributed by atoms with Crippen LogP contribution in [0, 0.1) is 0 Å². The second-order valence-corrected chi connectivity index (χ2v) is 13.7. The molecule has 254 valence electrons. The average molecular weight is 690 g/mol. The SMILES string of the molecule is c1ccc(-c2ccc(N(c3ccc(-c4ccccc4)cc3)c3c(-c4ccccc4)ccc4oc5c6ccccc6c(-c6ccccc6)cc5c34)cc2)cc1. The van der Waals surface area contributed by atoms with E-state index in [1.807, 2.05) is 0 Å². The maximum atomic E-state index is 6.94. The van der Waals surface area contributed by atoms with Crippen LogP contribution in [0.4, 0.5) is 17.1 Å². The lowest BCUT2D eigenvalue weighted by molar-refractivity contribution is 0.673. The normalized spacial score (nSPS) is 11.3. The highest BCUT2D eigenvalue weighted by Gasteiger charge is 2.25. The molecule has 1 aromatic heterocycles. The molecular weight excluding hydrogens is 655 g/mol. The molecule has 0 N–H and O–H groups in total. The predicted octanol–water partition coefficient (Wildman–Crippen LogP) is 14.9. The Kier molecular flexibility index (Phi) is 7.85. The van der Waals surface area contributed by atoms with Gasteiger partial charge in [-0.25, -0.2) is 0 Å². The third-order valence-electron chi connectivity index (χ3n) is 10.5. The number of anilines is 3. The van der Waals surface area contributed by atoms with Gasteiger partial charge in [-0.3, -0.25) is 0 Å². The lowest BCUT2D eigenvalue weighted by atomic mass is 9.93. The van der Waals surface area contributed by atoms with E-state index in [0.29, 0.717) is 0 Å². The highest BCUT2D eigenvalue weighted by molar-refractivity contribution is 6.24. The first-order valence-electron chi connectivity index (χ1n) is 18.4. The second-order valence-electron chi connectivity index (χ2n) is 13.7. The molecule has 0 amide bonds. The minimum Gasteiger partial charge on any atom is -0.455 e. The van der Waals surface area contributed by atoms with Crippen LogP contribution >= 0.6 is 0 Å². The molecule has 9 aromatic carbocycles. The largest absolute Gasteiger partial charge is 0.455 e. The molecule has 0 aliphatic carbocycles. The second kappa shape index (κ2) is 13.4. The van der Waals surface area contributed by atoms with Crippen molar-refractivity contribution in [2.45, 2.75) is 0 Å². The Morgan fingerprint density at radius 1 is 0.315 bits per heavy atom. The van der Waals surface area contributed by atoms with Gasteiger partial charge in [0.05, 0.1) is 11.1 Å². The topological polar surface area (TPSA) is 16.4 Å². The summed E-state index contributed by atoms with van der Waals surface area (Å²) < 4.78 is 6.94. The molecule has 10 aromatic rings. The molecule has 54 heavy (non-hydrogen) atoms. The Labute approximate surface area is 314 Å². The van der Waals surface area contributed by atoms with Gasteiger partial charge in [-0.05, 0) is 86.8 Å². The molecule has 1 heterocycles. The summed E-state index contributed by atoms with van der Waals surface area (Å²) in [7, 11) is 0. The number of rotatable bonds is 7. The van der Waals surface area contributed by atoms with Gasteiger partial charge < -0.3 is 9.32 Å². The third kappa shape index (κ3) is 5.53. The van der Waals surface area contributed by atoms with Crippen molar-refractivity contribution < 1.29 is 4.42 Å². The molecule has 0 atom stereocenters. The van der Waals surface area contributed by atoms with Crippen LogP contribution in [-0.4, -0.2) is 0 Å². The van der Waals surface area contributed by atoms with Gasteiger partial charge in [0.2, 0.25) is 0 Å². The van der Waals surface area contributed by atoms with Crippen molar-refractivity contribution in [3.05, 3.63) is 212 Å². The van der Waals surface area contributed by atoms with Crippen LogP contribution < -0.4 is 4.90 Å². The maximum absolute atomic E-state index is 6.94. The molecule has 0 aliphatic heterocycles. The van der Waals surface area contributed by atoms with Crippen molar-refractivity contribution in [2.75, 3.05) is 4.90 Å². The van der Waals surface area contributed by atoms with E-state index in [0.717, 1.165) is 55.5 Å². The Balaban J connectivity index is 1.29. The molecule has 0 fully saturated rings. The van der Waals surface area contributed by atoms with Gasteiger partial charge in [0.1, 0.15) is 11.2 Å². The Morgan fingerprint density at radius 3 is 1.26 bits per heavy atom. The van der Waals surface area contributed by atoms with Gasteiger partial charge in [0, 0.05) is 27.7 Å². The summed E-state index contributed by atoms with van der Waals surface area (Å²) in [6, 6.07) is 75.8. The van der Waals surface area contributed by atoms with E-state index in [9.17, 15) is 0 Å². The van der Waals surface area contributed by atoms with Gasteiger partial charge >= 0.3 is 0 Å². The molecule has 0 spiro atoms. The Bertz CT molecular complexity index is 2800. The quantitative estimate of drug-likeness (QED) is 0.166. The smallest absolute Gasteiger partial charge is 0.143 e. The zero-order chi connectivity index (χ0) is 35.8. The van der Waals surface area contributed by atoms with Crippen LogP contribution in [0.1, 0.15) is 0 Å². The fourth-order valence-corrected chi connectivity index (χ4v) is 7.89. The van der Waals surface area contributed by atoms with Crippen molar-refractivity contribution >= 4 is 49.8 Å². The summed E-state index contributed by atoms with van der Waals surface area (Å²) in [6.45, 7) is 0. The zero-order valence-electron chi connectivity index (χ0n) is 29.6. The van der Waals surface area contributed by atoms with E-state index in [2.05, 4.69) is 217 Å². The van der Waals surface area contributed by atoms with Crippen LogP contribution in [-0.2, 0) is 0 Å². The third-order valence-corrected chi connectivity index (χ3v) is 10.5. The summed E-state index contributed by atoms with van der Waals surface area (Å²) in [6.07, 6.45) is 0. The van der Waals surface area contributed by atoms with Gasteiger partial charge in [-0.1, -0.05) is 170 Å². The van der Waals surface area contributed by atoms with Gasteiger partial charge in [0.25, 0.3) is 0 Å². The fraction of sp³-hybridized carbons (Fsp3) is 0. The minimum atomic E-state index is 0.849. The predicted molar refractivity (Wildman–Crippen MR) is 228 cm³/mol. The number of fused-ring (bicyclic) bond motifs is 5. The van der Waals surface area contributed by atoms with E-state index < -0.39 is 0 Å². The van der Waals surface area contributed by atoms with Crippen molar-refractivity contribution in [2.24, 2.45) is 0 Å². The van der Waals surface area contributed by atoms with E-state index in [4.69, 9.17) is 4.42 Å². The average Bonchev–Trinajstić information content (AvgIpc) is 3.64. The highest BCUT2D eigenvalue weighted by Crippen LogP contribution is 2.50. The molecular formula is C52H35NO. The van der Waals surface area contributed by atoms with Crippen LogP contribution in [0.15, 0.2) is 217 Å². The Morgan fingerprint density at radius 2 is 0.741 bits per heavy atom. The molecule has 0 saturated carbocycles. The monoisotopic (exact) mass is 689 g/mol. The summed E-state index contributed by atoms with van der Waals surface area (Å²) >= 11 is 0. The number of furan rings is 1. The summed E-state index contributed by atoms with van der Waals surface area (Å²) in [5.74, 6) is 0. The fourth-order valence-electron chi connectivity index (χ4n) is 7.89. The lowest BCUT2D eigenvalue weighted by Gasteiger charge is -2.29. The highest BCUT2D eigenvalue weighted by atomic mass is 16.3. The molecule has 0 bridgehead atoms. The maximum Gasteiger partial charge on any atom is 0.143 e. The van der Waals surface area contributed by atoms with Crippen molar-refractivity contribution in [3.8, 4) is 44.5 Å². The van der Waals surface area contributed by atoms with Crippen LogP contribution in [0.5, 0.6) is 0 Å². The molecule has 10 rings (SSSR count). The van der Waals surface area contributed by atoms with E-state index in [-0.39, 0.29) is 0 Å². The van der Waals surface area contributed by atoms with Gasteiger partial charge in [-0.15, -0.1) is 0 Å². The van der Waals surface area contributed by atoms with E-state index >= 15 is 0 Å². The zero-order valence-corrected chi connectivity index (χ0v) is 29.6. The number of hydrogen-bond acceptors (Lipinski definition) is 2. The number of nitrogens with zero attached hydrogens (tertiary/aromatic N) is 1. The first kappa shape index (κ1) is 31.6. The summed E-state index contributed by atoms with van der Waals surface area (Å²) in [5.41, 5.74) is 14.3. The summed E-state index contributed by atoms with van der Waals surface area (Å²) in [5, 5.41) is 4.43. The number of hydrogen-bond donors (Lipinski definition) is 0. The lowest BCUT2D eigenvalue weighted by Crippen LogP contribution is -2.12. The van der Waals surface area contributed by atoms with Crippen molar-refractivity contribution in [3.63, 3.8) is 0 Å². The molecule has 2 nitrogen and oxygen atoms in total. The van der Waals surface area contributed by atoms with Crippen LogP contribution in [0.2, 0.25) is 0 Å². The first-order valence-corrected chi connectivity index (χ1v) is 18.4. The molecule has 0 saturated heterocycles. The molecule has 0 unspecified atom stereocenters. The minimum absolute atomic E-state index is 0.849. The van der Waals surface area contributed by atoms with Crippen LogP contribution in [0.3, 0.4) is 0 Å². The van der Waals surface area contributed by atoms with Gasteiger partial charge in [-0.2, -0.15) is 0 Å². The first-order chi connectivity index (χ1) is 26.8.